The molecule has 0 radical (unpaired) electrons. The van der Waals surface area contributed by atoms with Gasteiger partial charge in [-0.3, -0.25) is 4.21 Å². The molecule has 0 aliphatic heterocycles. The summed E-state index contributed by atoms with van der Waals surface area (Å²) >= 11 is 0. The van der Waals surface area contributed by atoms with Crippen LogP contribution in [0.1, 0.15) is 20.8 Å². The van der Waals surface area contributed by atoms with E-state index in [0.717, 1.165) is 0 Å². The van der Waals surface area contributed by atoms with E-state index < -0.39 is 9.93 Å². The summed E-state index contributed by atoms with van der Waals surface area (Å²) in [4.78, 5) is 0. The Morgan fingerprint density at radius 2 is 1.25 bits per heavy atom. The highest BCUT2D eigenvalue weighted by atomic mass is 32.2. The zero-order valence-electron chi connectivity index (χ0n) is 6.36. The lowest BCUT2D eigenvalue weighted by molar-refractivity contribution is 0.642. The zero-order valence-corrected chi connectivity index (χ0v) is 7.25. The van der Waals surface area contributed by atoms with Gasteiger partial charge in [0.15, 0.2) is 0 Å². The first-order chi connectivity index (χ1) is 3.25. The van der Waals surface area contributed by atoms with Crippen molar-refractivity contribution in [2.75, 3.05) is 12.5 Å². The fraction of sp³-hybridized carbons (Fsp3) is 1.00. The van der Waals surface area contributed by atoms with Crippen molar-refractivity contribution < 1.29 is 4.21 Å². The van der Waals surface area contributed by atoms with E-state index in [0.29, 0.717) is 0 Å². The molecule has 0 heterocycles. The van der Waals surface area contributed by atoms with Gasteiger partial charge < -0.3 is 0 Å². The van der Waals surface area contributed by atoms with Crippen molar-refractivity contribution in [2.24, 2.45) is 0 Å². The van der Waals surface area contributed by atoms with Gasteiger partial charge in [-0.15, -0.1) is 9.93 Å². The average Bonchev–Trinajstić information content (AvgIpc) is 1.25. The molecule has 2 heteroatoms. The molecule has 0 unspecified atom stereocenters. The minimum atomic E-state index is -1.85. The monoisotopic (exact) mass is 136 g/mol. The fourth-order valence-electron chi connectivity index (χ4n) is 0. The van der Waals surface area contributed by atoms with Crippen LogP contribution in [0.3, 0.4) is 0 Å². The molecule has 0 aliphatic rings. The largest absolute Gasteiger partial charge is 0.285 e. The van der Waals surface area contributed by atoms with Gasteiger partial charge in [0.1, 0.15) is 0 Å². The van der Waals surface area contributed by atoms with E-state index in [4.69, 9.17) is 0 Å². The molecule has 0 fully saturated rings. The molecule has 0 saturated heterocycles. The SMILES string of the molecule is CC(C)(C)[SH](C)(C)=O. The molecule has 0 aliphatic carbocycles. The first kappa shape index (κ1) is 8.15. The fourth-order valence-corrected chi connectivity index (χ4v) is 0. The lowest BCUT2D eigenvalue weighted by Gasteiger charge is -2.28. The van der Waals surface area contributed by atoms with Gasteiger partial charge in [0.25, 0.3) is 0 Å². The van der Waals surface area contributed by atoms with Gasteiger partial charge in [-0.25, -0.2) is 0 Å². The molecule has 0 atom stereocenters. The lowest BCUT2D eigenvalue weighted by Crippen LogP contribution is -2.32. The molecule has 0 amide bonds. The Bertz CT molecular complexity index is 115. The van der Waals surface area contributed by atoms with Crippen LogP contribution in [0.5, 0.6) is 0 Å². The summed E-state index contributed by atoms with van der Waals surface area (Å²) < 4.78 is 11.2. The predicted molar refractivity (Wildman–Crippen MR) is 41.1 cm³/mol. The summed E-state index contributed by atoms with van der Waals surface area (Å²) in [5.41, 5.74) is 0. The van der Waals surface area contributed by atoms with Crippen molar-refractivity contribution in [3.8, 4) is 0 Å². The third kappa shape index (κ3) is 1.95. The molecule has 0 aromatic carbocycles. The summed E-state index contributed by atoms with van der Waals surface area (Å²) in [7, 11) is -1.85. The standard InChI is InChI=1S/C6H16OS/c1-6(2,3)8(4,5)7/h8H,1-5H3. The van der Waals surface area contributed by atoms with E-state index in [-0.39, 0.29) is 4.75 Å². The van der Waals surface area contributed by atoms with Crippen LogP contribution >= 0.6 is 0 Å². The van der Waals surface area contributed by atoms with Crippen LogP contribution in [-0.2, 0) is 9.93 Å². The molecule has 0 bridgehead atoms. The second kappa shape index (κ2) is 1.83. The molecule has 0 aromatic rings. The molecular formula is C6H16OS. The maximum absolute atomic E-state index is 11.2. The van der Waals surface area contributed by atoms with E-state index in [1.54, 1.807) is 0 Å². The number of hydrogen-bond acceptors (Lipinski definition) is 1. The number of rotatable bonds is 0. The summed E-state index contributed by atoms with van der Waals surface area (Å²) in [6, 6.07) is 0. The van der Waals surface area contributed by atoms with Crippen LogP contribution in [0.4, 0.5) is 0 Å². The Balaban J connectivity index is 4.26. The van der Waals surface area contributed by atoms with Crippen molar-refractivity contribution in [3.05, 3.63) is 0 Å². The summed E-state index contributed by atoms with van der Waals surface area (Å²) in [6.45, 7) is 6.02. The second-order valence-electron chi connectivity index (χ2n) is 3.52. The highest BCUT2D eigenvalue weighted by Gasteiger charge is 2.20. The van der Waals surface area contributed by atoms with Crippen LogP contribution in [-0.4, -0.2) is 21.5 Å². The van der Waals surface area contributed by atoms with Crippen molar-refractivity contribution in [2.45, 2.75) is 25.5 Å². The molecule has 8 heavy (non-hydrogen) atoms. The van der Waals surface area contributed by atoms with Gasteiger partial charge in [0, 0.05) is 4.75 Å². The quantitative estimate of drug-likeness (QED) is 0.493. The Labute approximate surface area is 52.9 Å². The van der Waals surface area contributed by atoms with Gasteiger partial charge in [0.2, 0.25) is 0 Å². The topological polar surface area (TPSA) is 17.1 Å². The minimum Gasteiger partial charge on any atom is -0.285 e. The average molecular weight is 136 g/mol. The summed E-state index contributed by atoms with van der Waals surface area (Å²) in [6.07, 6.45) is 3.65. The molecule has 0 spiro atoms. The van der Waals surface area contributed by atoms with E-state index >= 15 is 0 Å². The van der Waals surface area contributed by atoms with Gasteiger partial charge in [0.05, 0.1) is 0 Å². The van der Waals surface area contributed by atoms with Crippen molar-refractivity contribution in [3.63, 3.8) is 0 Å². The number of hydrogen-bond donors (Lipinski definition) is 1. The maximum atomic E-state index is 11.2. The van der Waals surface area contributed by atoms with Crippen LogP contribution in [0.25, 0.3) is 0 Å². The molecular weight excluding hydrogens is 120 g/mol. The van der Waals surface area contributed by atoms with Crippen molar-refractivity contribution >= 4 is 9.93 Å². The lowest BCUT2D eigenvalue weighted by atomic mass is 10.3. The van der Waals surface area contributed by atoms with Crippen molar-refractivity contribution in [1.82, 2.24) is 0 Å². The minimum absolute atomic E-state index is 0.00694. The third-order valence-corrected chi connectivity index (χ3v) is 4.85. The summed E-state index contributed by atoms with van der Waals surface area (Å²) in [5.74, 6) is 0. The maximum Gasteiger partial charge on any atom is 0.0149 e. The molecule has 1 nitrogen and oxygen atoms in total. The first-order valence-corrected chi connectivity index (χ1v) is 5.40. The van der Waals surface area contributed by atoms with Crippen LogP contribution in [0.2, 0.25) is 0 Å². The third-order valence-electron chi connectivity index (χ3n) is 1.62. The molecule has 52 valence electrons. The number of thiol groups is 1. The van der Waals surface area contributed by atoms with Crippen LogP contribution in [0, 0.1) is 0 Å². The van der Waals surface area contributed by atoms with E-state index in [1.165, 1.54) is 0 Å². The molecule has 0 rings (SSSR count). The van der Waals surface area contributed by atoms with E-state index in [1.807, 2.05) is 33.3 Å². The first-order valence-electron chi connectivity index (χ1n) is 2.80. The Kier molecular flexibility index (Phi) is 1.87. The van der Waals surface area contributed by atoms with Crippen molar-refractivity contribution in [1.29, 1.82) is 0 Å². The van der Waals surface area contributed by atoms with Gasteiger partial charge in [-0.2, -0.15) is 0 Å². The summed E-state index contributed by atoms with van der Waals surface area (Å²) in [5, 5.41) is 0. The van der Waals surface area contributed by atoms with Crippen LogP contribution in [0.15, 0.2) is 0 Å². The molecule has 0 saturated carbocycles. The Morgan fingerprint density at radius 3 is 1.25 bits per heavy atom. The Morgan fingerprint density at radius 1 is 1.12 bits per heavy atom. The van der Waals surface area contributed by atoms with Gasteiger partial charge in [-0.1, -0.05) is 20.8 Å². The van der Waals surface area contributed by atoms with E-state index in [2.05, 4.69) is 0 Å². The highest BCUT2D eigenvalue weighted by Crippen LogP contribution is 2.17. The zero-order chi connectivity index (χ0) is 7.00. The van der Waals surface area contributed by atoms with Gasteiger partial charge >= 0.3 is 0 Å². The highest BCUT2D eigenvalue weighted by molar-refractivity contribution is 8.02. The Hall–Kier alpha value is 0.150. The molecule has 0 aromatic heterocycles. The predicted octanol–water partition coefficient (Wildman–Crippen LogP) is 1.06. The molecule has 0 N–H and O–H groups in total. The van der Waals surface area contributed by atoms with Gasteiger partial charge in [-0.05, 0) is 12.5 Å². The van der Waals surface area contributed by atoms with E-state index in [9.17, 15) is 4.21 Å². The van der Waals surface area contributed by atoms with Crippen LogP contribution < -0.4 is 0 Å². The second-order valence-corrected chi connectivity index (χ2v) is 7.57. The normalized spacial score (nSPS) is 16.1. The smallest absolute Gasteiger partial charge is 0.0149 e.